The van der Waals surface area contributed by atoms with Crippen LogP contribution >= 0.6 is 0 Å². The lowest BCUT2D eigenvalue weighted by molar-refractivity contribution is -0.129. The molecule has 0 aromatic rings. The predicted molar refractivity (Wildman–Crippen MR) is 59.5 cm³/mol. The van der Waals surface area contributed by atoms with Crippen LogP contribution in [0.15, 0.2) is 0 Å². The van der Waals surface area contributed by atoms with E-state index in [1.165, 1.54) is 0 Å². The molecule has 0 aliphatic rings. The Morgan fingerprint density at radius 1 is 1.13 bits per heavy atom. The summed E-state index contributed by atoms with van der Waals surface area (Å²) in [6.45, 7) is 0.952. The molecule has 1 N–H and O–H groups in total. The summed E-state index contributed by atoms with van der Waals surface area (Å²) in [5.41, 5.74) is 0. The van der Waals surface area contributed by atoms with Crippen molar-refractivity contribution >= 4 is 11.8 Å². The van der Waals surface area contributed by atoms with Gasteiger partial charge >= 0.3 is 0 Å². The van der Waals surface area contributed by atoms with Crippen LogP contribution in [-0.2, 0) is 9.59 Å². The number of nitrogens with zero attached hydrogens (tertiary/aromatic N) is 2. The van der Waals surface area contributed by atoms with Crippen molar-refractivity contribution in [3.63, 3.8) is 0 Å². The summed E-state index contributed by atoms with van der Waals surface area (Å²) < 4.78 is 0. The average molecular weight is 215 g/mol. The Morgan fingerprint density at radius 3 is 2.20 bits per heavy atom. The number of carbonyl (C=O) groups is 2. The van der Waals surface area contributed by atoms with Crippen LogP contribution in [0.2, 0.25) is 0 Å². The lowest BCUT2D eigenvalue weighted by Gasteiger charge is -2.11. The number of hydrogen-bond acceptors (Lipinski definition) is 3. The van der Waals surface area contributed by atoms with Gasteiger partial charge in [0.1, 0.15) is 0 Å². The van der Waals surface area contributed by atoms with Crippen molar-refractivity contribution in [1.29, 1.82) is 0 Å². The van der Waals surface area contributed by atoms with Crippen molar-refractivity contribution in [2.75, 3.05) is 41.3 Å². The summed E-state index contributed by atoms with van der Waals surface area (Å²) in [4.78, 5) is 25.7. The first kappa shape index (κ1) is 13.9. The molecule has 5 nitrogen and oxygen atoms in total. The van der Waals surface area contributed by atoms with Gasteiger partial charge in [-0.3, -0.25) is 9.59 Å². The van der Waals surface area contributed by atoms with Crippen molar-refractivity contribution in [3.8, 4) is 0 Å². The largest absolute Gasteiger partial charge is 0.355 e. The molecule has 0 saturated carbocycles. The summed E-state index contributed by atoms with van der Waals surface area (Å²) in [7, 11) is 7.14. The molecule has 0 aliphatic carbocycles. The second kappa shape index (κ2) is 7.23. The van der Waals surface area contributed by atoms with Gasteiger partial charge in [0.05, 0.1) is 6.54 Å². The third kappa shape index (κ3) is 7.93. The Kier molecular flexibility index (Phi) is 6.70. The molecule has 0 rings (SSSR count). The highest BCUT2D eigenvalue weighted by Crippen LogP contribution is 1.91. The normalized spacial score (nSPS) is 10.2. The molecule has 0 heterocycles. The van der Waals surface area contributed by atoms with Crippen LogP contribution in [-0.4, -0.2) is 62.9 Å². The van der Waals surface area contributed by atoms with Crippen LogP contribution < -0.4 is 5.32 Å². The van der Waals surface area contributed by atoms with Crippen LogP contribution in [0.5, 0.6) is 0 Å². The molecular weight excluding hydrogens is 194 g/mol. The van der Waals surface area contributed by atoms with E-state index in [9.17, 15) is 9.59 Å². The third-order valence-electron chi connectivity index (χ3n) is 1.85. The molecule has 0 aromatic heterocycles. The van der Waals surface area contributed by atoms with E-state index in [0.717, 1.165) is 0 Å². The topological polar surface area (TPSA) is 52.7 Å². The molecular formula is C10H21N3O2. The number of carbonyl (C=O) groups excluding carboxylic acids is 2. The molecule has 0 aliphatic heterocycles. The van der Waals surface area contributed by atoms with Crippen molar-refractivity contribution < 1.29 is 9.59 Å². The zero-order valence-electron chi connectivity index (χ0n) is 10.0. The Hall–Kier alpha value is -1.10. The Bertz CT molecular complexity index is 215. The van der Waals surface area contributed by atoms with Gasteiger partial charge in [0.25, 0.3) is 0 Å². The molecule has 0 saturated heterocycles. The van der Waals surface area contributed by atoms with Crippen molar-refractivity contribution in [1.82, 2.24) is 15.1 Å². The van der Waals surface area contributed by atoms with Gasteiger partial charge < -0.3 is 15.1 Å². The maximum atomic E-state index is 11.2. The van der Waals surface area contributed by atoms with Crippen LogP contribution in [0.25, 0.3) is 0 Å². The van der Waals surface area contributed by atoms with Gasteiger partial charge in [0.2, 0.25) is 11.8 Å². The monoisotopic (exact) mass is 215 g/mol. The quantitative estimate of drug-likeness (QED) is 0.610. The first-order valence-corrected chi connectivity index (χ1v) is 5.05. The summed E-state index contributed by atoms with van der Waals surface area (Å²) in [5.74, 6) is 0.0918. The fourth-order valence-corrected chi connectivity index (χ4v) is 1.03. The molecule has 0 radical (unpaired) electrons. The maximum absolute atomic E-state index is 11.2. The van der Waals surface area contributed by atoms with Crippen molar-refractivity contribution in [3.05, 3.63) is 0 Å². The molecule has 0 spiro atoms. The molecule has 88 valence electrons. The number of amides is 2. The molecule has 15 heavy (non-hydrogen) atoms. The van der Waals surface area contributed by atoms with Crippen LogP contribution in [0.3, 0.4) is 0 Å². The Labute approximate surface area is 91.4 Å². The van der Waals surface area contributed by atoms with Gasteiger partial charge in [0, 0.05) is 27.1 Å². The smallest absolute Gasteiger partial charge is 0.234 e. The van der Waals surface area contributed by atoms with Gasteiger partial charge in [-0.15, -0.1) is 0 Å². The lowest BCUT2D eigenvalue weighted by Crippen LogP contribution is -2.34. The molecule has 0 atom stereocenters. The van der Waals surface area contributed by atoms with E-state index in [-0.39, 0.29) is 11.8 Å². The highest BCUT2D eigenvalue weighted by atomic mass is 16.2. The van der Waals surface area contributed by atoms with Gasteiger partial charge in [-0.2, -0.15) is 0 Å². The van der Waals surface area contributed by atoms with Gasteiger partial charge in [-0.05, 0) is 20.5 Å². The SMILES string of the molecule is CN(C)CC(=O)NCCCC(=O)N(C)C. The summed E-state index contributed by atoms with van der Waals surface area (Å²) in [6, 6.07) is 0. The summed E-state index contributed by atoms with van der Waals surface area (Å²) >= 11 is 0. The molecule has 5 heteroatoms. The summed E-state index contributed by atoms with van der Waals surface area (Å²) in [5, 5.41) is 2.76. The van der Waals surface area contributed by atoms with Crippen LogP contribution in [0.1, 0.15) is 12.8 Å². The van der Waals surface area contributed by atoms with E-state index in [2.05, 4.69) is 5.32 Å². The van der Waals surface area contributed by atoms with E-state index >= 15 is 0 Å². The Balaban J connectivity index is 3.46. The van der Waals surface area contributed by atoms with E-state index in [1.807, 2.05) is 14.1 Å². The number of likely N-dealkylation sites (N-methyl/N-ethyl adjacent to an activating group) is 1. The molecule has 0 bridgehead atoms. The zero-order chi connectivity index (χ0) is 11.8. The van der Waals surface area contributed by atoms with Crippen molar-refractivity contribution in [2.45, 2.75) is 12.8 Å². The van der Waals surface area contributed by atoms with Crippen LogP contribution in [0.4, 0.5) is 0 Å². The first-order valence-electron chi connectivity index (χ1n) is 5.05. The number of nitrogens with one attached hydrogen (secondary N) is 1. The minimum atomic E-state index is -0.00250. The predicted octanol–water partition coefficient (Wildman–Crippen LogP) is -0.467. The van der Waals surface area contributed by atoms with Crippen LogP contribution in [0, 0.1) is 0 Å². The minimum Gasteiger partial charge on any atom is -0.355 e. The van der Waals surface area contributed by atoms with E-state index < -0.39 is 0 Å². The number of rotatable bonds is 6. The second-order valence-corrected chi connectivity index (χ2v) is 3.98. The maximum Gasteiger partial charge on any atom is 0.234 e. The molecule has 0 aromatic carbocycles. The van der Waals surface area contributed by atoms with Crippen molar-refractivity contribution in [2.24, 2.45) is 0 Å². The van der Waals surface area contributed by atoms with Gasteiger partial charge in [0.15, 0.2) is 0 Å². The Morgan fingerprint density at radius 2 is 1.73 bits per heavy atom. The van der Waals surface area contributed by atoms with Gasteiger partial charge in [-0.25, -0.2) is 0 Å². The molecule has 0 fully saturated rings. The van der Waals surface area contributed by atoms with Gasteiger partial charge in [-0.1, -0.05) is 0 Å². The third-order valence-corrected chi connectivity index (χ3v) is 1.85. The standard InChI is InChI=1S/C10H21N3O2/c1-12(2)8-9(14)11-7-5-6-10(15)13(3)4/h5-8H2,1-4H3,(H,11,14). The van der Waals surface area contributed by atoms with E-state index in [4.69, 9.17) is 0 Å². The fourth-order valence-electron chi connectivity index (χ4n) is 1.03. The van der Waals surface area contributed by atoms with E-state index in [1.54, 1.807) is 23.9 Å². The molecule has 0 unspecified atom stereocenters. The highest BCUT2D eigenvalue weighted by Gasteiger charge is 2.04. The minimum absolute atomic E-state index is 0.00250. The first-order chi connectivity index (χ1) is 6.93. The van der Waals surface area contributed by atoms with E-state index in [0.29, 0.717) is 25.9 Å². The highest BCUT2D eigenvalue weighted by molar-refractivity contribution is 5.78. The number of hydrogen-bond donors (Lipinski definition) is 1. The second-order valence-electron chi connectivity index (χ2n) is 3.98. The molecule has 2 amide bonds. The summed E-state index contributed by atoms with van der Waals surface area (Å²) in [6.07, 6.45) is 1.17. The lowest BCUT2D eigenvalue weighted by atomic mass is 10.3. The fraction of sp³-hybridized carbons (Fsp3) is 0.800. The average Bonchev–Trinajstić information content (AvgIpc) is 2.10. The zero-order valence-corrected chi connectivity index (χ0v) is 10.0.